The molecule has 1 heterocycles. The number of hydrogen-bond donors (Lipinski definition) is 1. The van der Waals surface area contributed by atoms with Gasteiger partial charge in [-0.2, -0.15) is 0 Å². The minimum absolute atomic E-state index is 0.174. The Bertz CT molecular complexity index is 612. The fourth-order valence-electron chi connectivity index (χ4n) is 2.44. The molecule has 116 valence electrons. The first-order valence-corrected chi connectivity index (χ1v) is 8.11. The number of hydrogen-bond acceptors (Lipinski definition) is 5. The molecule has 1 N–H and O–H groups in total. The number of rotatable bonds is 4. The molecular formula is C13H17FN2O4S. The Balaban J connectivity index is 1.98. The highest BCUT2D eigenvalue weighted by atomic mass is 32.2. The van der Waals surface area contributed by atoms with E-state index in [0.29, 0.717) is 25.7 Å². The number of halogens is 1. The van der Waals surface area contributed by atoms with Gasteiger partial charge >= 0.3 is 5.97 Å². The summed E-state index contributed by atoms with van der Waals surface area (Å²) in [5.74, 6) is -1.13. The summed E-state index contributed by atoms with van der Waals surface area (Å²) in [4.78, 5) is 14.7. The zero-order valence-corrected chi connectivity index (χ0v) is 12.4. The molecule has 0 atom stereocenters. The van der Waals surface area contributed by atoms with Gasteiger partial charge in [-0.1, -0.05) is 0 Å². The molecule has 0 unspecified atom stereocenters. The van der Waals surface area contributed by atoms with Gasteiger partial charge in [0.25, 0.3) is 0 Å². The van der Waals surface area contributed by atoms with Crippen LogP contribution in [0.4, 0.5) is 4.39 Å². The number of ether oxygens (including phenoxy) is 1. The zero-order chi connectivity index (χ0) is 15.5. The molecule has 0 aromatic carbocycles. The van der Waals surface area contributed by atoms with Gasteiger partial charge in [-0.3, -0.25) is 9.78 Å². The number of nitrogens with one attached hydrogen (secondary N) is 1. The number of carbonyl (C=O) groups excluding carboxylic acids is 1. The molecule has 1 fully saturated rings. The first kappa shape index (κ1) is 15.8. The normalized spacial score (nSPS) is 22.8. The van der Waals surface area contributed by atoms with Crippen molar-refractivity contribution in [3.05, 3.63) is 24.3 Å². The smallest absolute Gasteiger partial charge is 0.308 e. The molecule has 6 nitrogen and oxygen atoms in total. The van der Waals surface area contributed by atoms with Crippen molar-refractivity contribution in [1.82, 2.24) is 9.71 Å². The fraction of sp³-hybridized carbons (Fsp3) is 0.538. The monoisotopic (exact) mass is 316 g/mol. The Hall–Kier alpha value is -1.54. The maximum Gasteiger partial charge on any atom is 0.308 e. The van der Waals surface area contributed by atoms with Gasteiger partial charge in [-0.05, 0) is 31.7 Å². The lowest BCUT2D eigenvalue weighted by Gasteiger charge is -2.27. The van der Waals surface area contributed by atoms with Crippen molar-refractivity contribution in [3.8, 4) is 0 Å². The molecule has 2 rings (SSSR count). The molecule has 8 heteroatoms. The second-order valence-corrected chi connectivity index (χ2v) is 6.75. The number of esters is 1. The number of sulfonamides is 1. The molecule has 1 aromatic heterocycles. The van der Waals surface area contributed by atoms with Gasteiger partial charge in [0.2, 0.25) is 10.0 Å². The second kappa shape index (κ2) is 6.48. The molecule has 1 aromatic rings. The van der Waals surface area contributed by atoms with Crippen LogP contribution >= 0.6 is 0 Å². The van der Waals surface area contributed by atoms with Gasteiger partial charge < -0.3 is 4.74 Å². The van der Waals surface area contributed by atoms with Gasteiger partial charge in [0.15, 0.2) is 0 Å². The van der Waals surface area contributed by atoms with E-state index in [4.69, 9.17) is 0 Å². The average Bonchev–Trinajstić information content (AvgIpc) is 2.47. The Morgan fingerprint density at radius 1 is 1.33 bits per heavy atom. The summed E-state index contributed by atoms with van der Waals surface area (Å²) >= 11 is 0. The molecule has 1 aliphatic carbocycles. The van der Waals surface area contributed by atoms with E-state index in [1.165, 1.54) is 7.11 Å². The van der Waals surface area contributed by atoms with Crippen LogP contribution in [0, 0.1) is 11.7 Å². The summed E-state index contributed by atoms with van der Waals surface area (Å²) in [6.45, 7) is 0. The van der Waals surface area contributed by atoms with Crippen LogP contribution in [0.1, 0.15) is 25.7 Å². The quantitative estimate of drug-likeness (QED) is 0.845. The topological polar surface area (TPSA) is 85.4 Å². The largest absolute Gasteiger partial charge is 0.469 e. The average molecular weight is 316 g/mol. The minimum atomic E-state index is -3.79. The molecule has 1 aliphatic rings. The van der Waals surface area contributed by atoms with Gasteiger partial charge in [0.1, 0.15) is 10.7 Å². The van der Waals surface area contributed by atoms with E-state index in [9.17, 15) is 17.6 Å². The summed E-state index contributed by atoms with van der Waals surface area (Å²) in [6, 6.07) is 0.661. The number of aromatic nitrogens is 1. The molecule has 0 aliphatic heterocycles. The van der Waals surface area contributed by atoms with Crippen molar-refractivity contribution in [3.63, 3.8) is 0 Å². The molecule has 0 radical (unpaired) electrons. The second-order valence-electron chi connectivity index (χ2n) is 5.03. The third-order valence-corrected chi connectivity index (χ3v) is 5.06. The summed E-state index contributed by atoms with van der Waals surface area (Å²) in [5.41, 5.74) is 0. The number of pyridine rings is 1. The van der Waals surface area contributed by atoms with Gasteiger partial charge in [-0.25, -0.2) is 17.5 Å². The van der Waals surface area contributed by atoms with E-state index in [1.54, 1.807) is 0 Å². The van der Waals surface area contributed by atoms with Crippen LogP contribution < -0.4 is 4.72 Å². The lowest BCUT2D eigenvalue weighted by atomic mass is 9.86. The Morgan fingerprint density at radius 2 is 2.00 bits per heavy atom. The summed E-state index contributed by atoms with van der Waals surface area (Å²) in [6.07, 6.45) is 4.28. The third kappa shape index (κ3) is 3.98. The van der Waals surface area contributed by atoms with Crippen LogP contribution in [-0.2, 0) is 19.6 Å². The predicted octanol–water partition coefficient (Wildman–Crippen LogP) is 1.23. The number of carbonyl (C=O) groups is 1. The molecule has 0 bridgehead atoms. The standard InChI is InChI=1S/C13H17FN2O4S/c1-20-13(17)9-2-4-11(5-3-9)16-21(18,19)12-6-10(14)7-15-8-12/h6-9,11,16H,2-5H2,1H3. The Kier molecular flexibility index (Phi) is 4.89. The lowest BCUT2D eigenvalue weighted by molar-refractivity contribution is -0.146. The molecule has 0 spiro atoms. The van der Waals surface area contributed by atoms with E-state index >= 15 is 0 Å². The molecule has 0 amide bonds. The van der Waals surface area contributed by atoms with E-state index in [2.05, 4.69) is 14.4 Å². The summed E-state index contributed by atoms with van der Waals surface area (Å²) in [7, 11) is -2.45. The van der Waals surface area contributed by atoms with Crippen molar-refractivity contribution >= 4 is 16.0 Å². The van der Waals surface area contributed by atoms with E-state index < -0.39 is 15.8 Å². The Morgan fingerprint density at radius 3 is 2.57 bits per heavy atom. The van der Waals surface area contributed by atoms with Crippen molar-refractivity contribution in [2.24, 2.45) is 5.92 Å². The minimum Gasteiger partial charge on any atom is -0.469 e. The van der Waals surface area contributed by atoms with Crippen molar-refractivity contribution in [2.45, 2.75) is 36.6 Å². The van der Waals surface area contributed by atoms with Crippen LogP contribution in [0.25, 0.3) is 0 Å². The lowest BCUT2D eigenvalue weighted by Crippen LogP contribution is -2.38. The number of nitrogens with zero attached hydrogens (tertiary/aromatic N) is 1. The van der Waals surface area contributed by atoms with E-state index in [1.807, 2.05) is 0 Å². The maximum atomic E-state index is 13.0. The molecular weight excluding hydrogens is 299 g/mol. The highest BCUT2D eigenvalue weighted by Crippen LogP contribution is 2.26. The molecule has 21 heavy (non-hydrogen) atoms. The summed E-state index contributed by atoms with van der Waals surface area (Å²) in [5, 5.41) is 0. The molecule has 1 saturated carbocycles. The van der Waals surface area contributed by atoms with Gasteiger partial charge in [0.05, 0.1) is 19.2 Å². The SMILES string of the molecule is COC(=O)C1CCC(NS(=O)(=O)c2cncc(F)c2)CC1. The van der Waals surface area contributed by atoms with E-state index in [-0.39, 0.29) is 22.8 Å². The maximum absolute atomic E-state index is 13.0. The van der Waals surface area contributed by atoms with Crippen LogP contribution in [0.3, 0.4) is 0 Å². The van der Waals surface area contributed by atoms with Crippen LogP contribution in [0.5, 0.6) is 0 Å². The fourth-order valence-corrected chi connectivity index (χ4v) is 3.72. The first-order valence-electron chi connectivity index (χ1n) is 6.63. The van der Waals surface area contributed by atoms with E-state index in [0.717, 1.165) is 18.5 Å². The summed E-state index contributed by atoms with van der Waals surface area (Å²) < 4.78 is 44.5. The van der Waals surface area contributed by atoms with Crippen molar-refractivity contribution in [2.75, 3.05) is 7.11 Å². The van der Waals surface area contributed by atoms with Crippen molar-refractivity contribution in [1.29, 1.82) is 0 Å². The molecule has 0 saturated heterocycles. The highest BCUT2D eigenvalue weighted by molar-refractivity contribution is 7.89. The zero-order valence-electron chi connectivity index (χ0n) is 11.6. The third-order valence-electron chi connectivity index (χ3n) is 3.57. The highest BCUT2D eigenvalue weighted by Gasteiger charge is 2.29. The van der Waals surface area contributed by atoms with Gasteiger partial charge in [-0.15, -0.1) is 0 Å². The van der Waals surface area contributed by atoms with Crippen LogP contribution in [0.15, 0.2) is 23.4 Å². The predicted molar refractivity (Wildman–Crippen MR) is 72.3 cm³/mol. The van der Waals surface area contributed by atoms with Gasteiger partial charge in [0, 0.05) is 12.2 Å². The van der Waals surface area contributed by atoms with Crippen LogP contribution in [-0.4, -0.2) is 32.5 Å². The Labute approximate surface area is 122 Å². The first-order chi connectivity index (χ1) is 9.92. The van der Waals surface area contributed by atoms with Crippen molar-refractivity contribution < 1.29 is 22.3 Å². The van der Waals surface area contributed by atoms with Crippen LogP contribution in [0.2, 0.25) is 0 Å². The number of methoxy groups -OCH3 is 1.